The standard InChI is InChI=1S/C12H17N5S2/c1-7-5-8-9(14-6-12(18-2)3-4-12)15-11(17-13)16-10(8)19-7/h5H,3-4,6,13H2,1-2H3,(H2,14,15,16,17). The molecule has 1 aliphatic rings. The molecule has 1 saturated carbocycles. The lowest BCUT2D eigenvalue weighted by atomic mass is 10.3. The van der Waals surface area contributed by atoms with E-state index in [1.807, 2.05) is 11.8 Å². The number of aromatic nitrogens is 2. The van der Waals surface area contributed by atoms with Gasteiger partial charge in [0.25, 0.3) is 0 Å². The average Bonchev–Trinajstić information content (AvgIpc) is 3.10. The summed E-state index contributed by atoms with van der Waals surface area (Å²) in [4.78, 5) is 11.0. The molecule has 7 heteroatoms. The van der Waals surface area contributed by atoms with Gasteiger partial charge in [-0.2, -0.15) is 16.7 Å². The summed E-state index contributed by atoms with van der Waals surface area (Å²) < 4.78 is 0.401. The lowest BCUT2D eigenvalue weighted by Crippen LogP contribution is -2.19. The van der Waals surface area contributed by atoms with E-state index in [4.69, 9.17) is 5.84 Å². The molecule has 102 valence electrons. The molecule has 3 rings (SSSR count). The zero-order valence-electron chi connectivity index (χ0n) is 11.0. The van der Waals surface area contributed by atoms with Gasteiger partial charge in [-0.15, -0.1) is 11.3 Å². The minimum atomic E-state index is 0.401. The Morgan fingerprint density at radius 3 is 2.89 bits per heavy atom. The Kier molecular flexibility index (Phi) is 3.28. The van der Waals surface area contributed by atoms with Crippen LogP contribution >= 0.6 is 23.1 Å². The predicted octanol–water partition coefficient (Wildman–Crippen LogP) is 2.59. The van der Waals surface area contributed by atoms with Crippen LogP contribution in [-0.4, -0.2) is 27.5 Å². The SMILES string of the molecule is CSC1(CNc2nc(NN)nc3sc(C)cc23)CC1. The quantitative estimate of drug-likeness (QED) is 0.581. The number of anilines is 2. The van der Waals surface area contributed by atoms with Crippen LogP contribution in [0.2, 0.25) is 0 Å². The van der Waals surface area contributed by atoms with Crippen LogP contribution in [0.1, 0.15) is 17.7 Å². The maximum absolute atomic E-state index is 5.43. The fourth-order valence-corrected chi connectivity index (χ4v) is 3.68. The number of thiophene rings is 1. The number of fused-ring (bicyclic) bond motifs is 1. The molecule has 19 heavy (non-hydrogen) atoms. The van der Waals surface area contributed by atoms with Gasteiger partial charge in [-0.05, 0) is 32.1 Å². The summed E-state index contributed by atoms with van der Waals surface area (Å²) in [6.07, 6.45) is 4.73. The first-order chi connectivity index (χ1) is 9.15. The smallest absolute Gasteiger partial charge is 0.240 e. The van der Waals surface area contributed by atoms with E-state index in [2.05, 4.69) is 40.0 Å². The number of nitrogens with one attached hydrogen (secondary N) is 2. The summed E-state index contributed by atoms with van der Waals surface area (Å²) in [5.74, 6) is 6.78. The molecule has 0 bridgehead atoms. The van der Waals surface area contributed by atoms with Crippen LogP contribution in [0.3, 0.4) is 0 Å². The number of hydrogen-bond acceptors (Lipinski definition) is 7. The summed E-state index contributed by atoms with van der Waals surface area (Å²) in [7, 11) is 0. The number of aryl methyl sites for hydroxylation is 1. The molecule has 0 aliphatic heterocycles. The summed E-state index contributed by atoms with van der Waals surface area (Å²) in [6.45, 7) is 3.02. The fourth-order valence-electron chi connectivity index (χ4n) is 2.08. The minimum absolute atomic E-state index is 0.401. The normalized spacial score (nSPS) is 16.6. The molecule has 0 saturated heterocycles. The van der Waals surface area contributed by atoms with E-state index in [1.165, 1.54) is 17.7 Å². The first-order valence-electron chi connectivity index (χ1n) is 6.20. The maximum Gasteiger partial charge on any atom is 0.240 e. The highest BCUT2D eigenvalue weighted by atomic mass is 32.2. The van der Waals surface area contributed by atoms with E-state index < -0.39 is 0 Å². The third kappa shape index (κ3) is 2.50. The van der Waals surface area contributed by atoms with Crippen LogP contribution in [0.5, 0.6) is 0 Å². The van der Waals surface area contributed by atoms with Gasteiger partial charge in [0, 0.05) is 16.2 Å². The fraction of sp³-hybridized carbons (Fsp3) is 0.500. The van der Waals surface area contributed by atoms with Crippen LogP contribution < -0.4 is 16.6 Å². The second-order valence-electron chi connectivity index (χ2n) is 4.86. The minimum Gasteiger partial charge on any atom is -0.368 e. The van der Waals surface area contributed by atoms with Crippen molar-refractivity contribution in [1.82, 2.24) is 9.97 Å². The lowest BCUT2D eigenvalue weighted by molar-refractivity contribution is 0.941. The summed E-state index contributed by atoms with van der Waals surface area (Å²) in [5.41, 5.74) is 2.53. The summed E-state index contributed by atoms with van der Waals surface area (Å²) >= 11 is 3.59. The molecule has 1 aliphatic carbocycles. The molecular formula is C12H17N5S2. The topological polar surface area (TPSA) is 75.9 Å². The van der Waals surface area contributed by atoms with Gasteiger partial charge in [-0.3, -0.25) is 5.43 Å². The highest BCUT2D eigenvalue weighted by Crippen LogP contribution is 2.47. The van der Waals surface area contributed by atoms with Crippen molar-refractivity contribution in [3.8, 4) is 0 Å². The number of nitrogen functional groups attached to an aromatic ring is 1. The monoisotopic (exact) mass is 295 g/mol. The first-order valence-corrected chi connectivity index (χ1v) is 8.24. The van der Waals surface area contributed by atoms with Gasteiger partial charge in [-0.25, -0.2) is 10.8 Å². The van der Waals surface area contributed by atoms with Crippen LogP contribution in [0.15, 0.2) is 6.07 Å². The highest BCUT2D eigenvalue weighted by molar-refractivity contribution is 8.00. The number of hydrazine groups is 1. The second-order valence-corrected chi connectivity index (χ2v) is 7.37. The number of nitrogens with zero attached hydrogens (tertiary/aromatic N) is 2. The van der Waals surface area contributed by atoms with Gasteiger partial charge < -0.3 is 5.32 Å². The Morgan fingerprint density at radius 1 is 1.47 bits per heavy atom. The third-order valence-corrected chi connectivity index (χ3v) is 5.83. The molecule has 0 spiro atoms. The molecule has 5 nitrogen and oxygen atoms in total. The van der Waals surface area contributed by atoms with Gasteiger partial charge in [0.15, 0.2) is 0 Å². The van der Waals surface area contributed by atoms with Crippen LogP contribution in [0.25, 0.3) is 10.2 Å². The van der Waals surface area contributed by atoms with Crippen molar-refractivity contribution in [1.29, 1.82) is 0 Å². The Labute approximate surface area is 120 Å². The average molecular weight is 295 g/mol. The lowest BCUT2D eigenvalue weighted by Gasteiger charge is -2.14. The Balaban J connectivity index is 1.92. The molecule has 0 aromatic carbocycles. The summed E-state index contributed by atoms with van der Waals surface area (Å²) in [6, 6.07) is 2.13. The Hall–Kier alpha value is -1.05. The van der Waals surface area contributed by atoms with Gasteiger partial charge in [-0.1, -0.05) is 0 Å². The number of rotatable bonds is 5. The first kappa shape index (κ1) is 13.0. The van der Waals surface area contributed by atoms with Gasteiger partial charge >= 0.3 is 0 Å². The predicted molar refractivity (Wildman–Crippen MR) is 83.9 cm³/mol. The molecule has 0 atom stereocenters. The van der Waals surface area contributed by atoms with E-state index in [-0.39, 0.29) is 0 Å². The number of hydrogen-bond donors (Lipinski definition) is 3. The van der Waals surface area contributed by atoms with Crippen LogP contribution in [0.4, 0.5) is 11.8 Å². The molecular weight excluding hydrogens is 278 g/mol. The van der Waals surface area contributed by atoms with Gasteiger partial charge in [0.1, 0.15) is 10.6 Å². The third-order valence-electron chi connectivity index (χ3n) is 3.46. The van der Waals surface area contributed by atoms with E-state index in [0.29, 0.717) is 10.7 Å². The summed E-state index contributed by atoms with van der Waals surface area (Å²) in [5, 5.41) is 4.55. The zero-order valence-corrected chi connectivity index (χ0v) is 12.6. The van der Waals surface area contributed by atoms with Crippen LogP contribution in [0, 0.1) is 6.92 Å². The van der Waals surface area contributed by atoms with E-state index in [1.54, 1.807) is 11.3 Å². The van der Waals surface area contributed by atoms with Crippen molar-refractivity contribution in [3.63, 3.8) is 0 Å². The van der Waals surface area contributed by atoms with Crippen molar-refractivity contribution in [2.45, 2.75) is 24.5 Å². The molecule has 2 aromatic heterocycles. The molecule has 1 fully saturated rings. The highest BCUT2D eigenvalue weighted by Gasteiger charge is 2.41. The molecule has 2 aromatic rings. The molecule has 4 N–H and O–H groups in total. The zero-order chi connectivity index (χ0) is 13.5. The van der Waals surface area contributed by atoms with Gasteiger partial charge in [0.05, 0.1) is 5.39 Å². The molecule has 2 heterocycles. The Bertz CT molecular complexity index is 605. The molecule has 0 amide bonds. The Morgan fingerprint density at radius 2 is 2.26 bits per heavy atom. The van der Waals surface area contributed by atoms with Crippen molar-refractivity contribution in [3.05, 3.63) is 10.9 Å². The van der Waals surface area contributed by atoms with Gasteiger partial charge in [0.2, 0.25) is 5.95 Å². The van der Waals surface area contributed by atoms with Crippen molar-refractivity contribution < 1.29 is 0 Å². The number of thioether (sulfide) groups is 1. The van der Waals surface area contributed by atoms with Crippen molar-refractivity contribution in [2.24, 2.45) is 5.84 Å². The van der Waals surface area contributed by atoms with E-state index in [0.717, 1.165) is 22.6 Å². The maximum atomic E-state index is 5.43. The largest absolute Gasteiger partial charge is 0.368 e. The van der Waals surface area contributed by atoms with E-state index in [9.17, 15) is 0 Å². The number of nitrogens with two attached hydrogens (primary N) is 1. The molecule has 0 unspecified atom stereocenters. The van der Waals surface area contributed by atoms with Crippen molar-refractivity contribution >= 4 is 45.1 Å². The van der Waals surface area contributed by atoms with Crippen molar-refractivity contribution in [2.75, 3.05) is 23.5 Å². The van der Waals surface area contributed by atoms with Crippen LogP contribution in [-0.2, 0) is 0 Å². The second kappa shape index (κ2) is 4.81. The van der Waals surface area contributed by atoms with E-state index >= 15 is 0 Å². The molecule has 0 radical (unpaired) electrons.